The normalized spacial score (nSPS) is 18.8. The van der Waals surface area contributed by atoms with Crippen LogP contribution in [-0.2, 0) is 32.0 Å². The van der Waals surface area contributed by atoms with Crippen LogP contribution in [0.5, 0.6) is 11.5 Å². The average Bonchev–Trinajstić information content (AvgIpc) is 2.79. The Morgan fingerprint density at radius 2 is 1.64 bits per heavy atom. The van der Waals surface area contributed by atoms with Gasteiger partial charge in [-0.25, -0.2) is 0 Å². The summed E-state index contributed by atoms with van der Waals surface area (Å²) in [5, 5.41) is 9.05. The Labute approximate surface area is 204 Å². The van der Waals surface area contributed by atoms with E-state index in [1.807, 2.05) is 0 Å². The van der Waals surface area contributed by atoms with E-state index in [2.05, 4.69) is 16.0 Å². The minimum absolute atomic E-state index is 0.104. The van der Waals surface area contributed by atoms with Crippen LogP contribution in [0.15, 0.2) is 48.5 Å². The second-order valence-corrected chi connectivity index (χ2v) is 8.23. The Morgan fingerprint density at radius 1 is 1.03 bits per heavy atom. The van der Waals surface area contributed by atoms with Gasteiger partial charge in [-0.1, -0.05) is 24.3 Å². The number of rotatable bonds is 3. The number of hydrogen-bond acceptors (Lipinski definition) is 5. The zero-order valence-corrected chi connectivity index (χ0v) is 19.3. The Kier molecular flexibility index (Phi) is 8.51. The molecule has 0 radical (unpaired) electrons. The van der Waals surface area contributed by atoms with Gasteiger partial charge < -0.3 is 26.0 Å². The molecule has 2 aromatic carbocycles. The molecule has 1 aliphatic rings. The summed E-state index contributed by atoms with van der Waals surface area (Å²) in [5.41, 5.74) is 1.22. The SMILES string of the molecule is CC(=O)N[C@H]1Cc2cccc(c2)Oc2cccc(c2)C[C@@H](C(=O)NCC(F)(F)F)NC(=O)CNC1=O. The third-order valence-electron chi connectivity index (χ3n) is 5.14. The number of halogens is 3. The standard InChI is InChI=1S/C24H25F3N4O5/c1-14(32)30-19-10-15-4-2-6-17(8-15)36-18-7-3-5-16(9-18)11-20(23(35)29-13-24(25,26)27)31-21(33)12-28-22(19)34/h2-9,19-20H,10-13H2,1H3,(H,28,34)(H,29,35)(H,30,32)(H,31,33)/t19-,20-/m0/s1. The maximum atomic E-state index is 12.7. The van der Waals surface area contributed by atoms with Crippen molar-refractivity contribution in [2.24, 2.45) is 0 Å². The molecule has 4 N–H and O–H groups in total. The summed E-state index contributed by atoms with van der Waals surface area (Å²) in [6.45, 7) is -0.871. The van der Waals surface area contributed by atoms with Crippen LogP contribution < -0.4 is 26.0 Å². The second kappa shape index (κ2) is 11.6. The monoisotopic (exact) mass is 506 g/mol. The van der Waals surface area contributed by atoms with Crippen LogP contribution in [0.1, 0.15) is 18.1 Å². The maximum Gasteiger partial charge on any atom is 0.405 e. The molecule has 3 rings (SSSR count). The zero-order chi connectivity index (χ0) is 26.3. The van der Waals surface area contributed by atoms with Crippen LogP contribution in [0.25, 0.3) is 0 Å². The Hall–Kier alpha value is -4.09. The number of ether oxygens (including phenoxy) is 1. The molecule has 0 spiro atoms. The Bertz CT molecular complexity index is 1140. The maximum absolute atomic E-state index is 12.7. The molecular weight excluding hydrogens is 481 g/mol. The lowest BCUT2D eigenvalue weighted by Gasteiger charge is -2.21. The van der Waals surface area contributed by atoms with Crippen LogP contribution in [0, 0.1) is 0 Å². The van der Waals surface area contributed by atoms with E-state index >= 15 is 0 Å². The molecular formula is C24H25F3N4O5. The number of nitrogens with one attached hydrogen (secondary N) is 4. The Balaban J connectivity index is 1.92. The number of amides is 4. The summed E-state index contributed by atoms with van der Waals surface area (Å²) in [4.78, 5) is 49.3. The Morgan fingerprint density at radius 3 is 2.22 bits per heavy atom. The van der Waals surface area contributed by atoms with Gasteiger partial charge >= 0.3 is 6.18 Å². The smallest absolute Gasteiger partial charge is 0.405 e. The van der Waals surface area contributed by atoms with Crippen LogP contribution in [0.4, 0.5) is 13.2 Å². The summed E-state index contributed by atoms with van der Waals surface area (Å²) in [7, 11) is 0. The fraction of sp³-hybridized carbons (Fsp3) is 0.333. The molecule has 4 bridgehead atoms. The van der Waals surface area contributed by atoms with Crippen molar-refractivity contribution in [2.75, 3.05) is 13.1 Å². The number of alkyl halides is 3. The molecule has 0 saturated carbocycles. The van der Waals surface area contributed by atoms with Crippen LogP contribution in [0.3, 0.4) is 0 Å². The fourth-order valence-electron chi connectivity index (χ4n) is 3.59. The molecule has 0 aromatic heterocycles. The number of hydrogen-bond donors (Lipinski definition) is 4. The summed E-state index contributed by atoms with van der Waals surface area (Å²) in [6, 6.07) is 11.1. The van der Waals surface area contributed by atoms with Crippen molar-refractivity contribution in [1.29, 1.82) is 0 Å². The van der Waals surface area contributed by atoms with Gasteiger partial charge in [0, 0.05) is 19.8 Å². The molecule has 0 unspecified atom stereocenters. The predicted octanol–water partition coefficient (Wildman–Crippen LogP) is 1.36. The minimum Gasteiger partial charge on any atom is -0.457 e. The van der Waals surface area contributed by atoms with Crippen LogP contribution >= 0.6 is 0 Å². The molecule has 192 valence electrons. The first kappa shape index (κ1) is 26.5. The van der Waals surface area contributed by atoms with Gasteiger partial charge in [0.2, 0.25) is 23.6 Å². The average molecular weight is 506 g/mol. The number of carbonyl (C=O) groups excluding carboxylic acids is 4. The van der Waals surface area contributed by atoms with Crippen LogP contribution in [0.2, 0.25) is 0 Å². The van der Waals surface area contributed by atoms with Crippen molar-refractivity contribution in [3.63, 3.8) is 0 Å². The van der Waals surface area contributed by atoms with E-state index in [1.54, 1.807) is 53.8 Å². The van der Waals surface area contributed by atoms with Gasteiger partial charge in [-0.2, -0.15) is 13.2 Å². The predicted molar refractivity (Wildman–Crippen MR) is 122 cm³/mol. The first-order valence-electron chi connectivity index (χ1n) is 11.0. The third kappa shape index (κ3) is 8.29. The van der Waals surface area contributed by atoms with Gasteiger partial charge in [-0.05, 0) is 35.4 Å². The highest BCUT2D eigenvalue weighted by atomic mass is 19.4. The van der Waals surface area contributed by atoms with E-state index in [9.17, 15) is 32.3 Å². The number of carbonyl (C=O) groups is 4. The molecule has 0 aliphatic carbocycles. The molecule has 36 heavy (non-hydrogen) atoms. The van der Waals surface area contributed by atoms with Crippen molar-refractivity contribution in [3.05, 3.63) is 59.7 Å². The third-order valence-corrected chi connectivity index (χ3v) is 5.14. The minimum atomic E-state index is -4.63. The lowest BCUT2D eigenvalue weighted by molar-refractivity contribution is -0.140. The van der Waals surface area contributed by atoms with Crippen molar-refractivity contribution in [3.8, 4) is 11.5 Å². The van der Waals surface area contributed by atoms with Gasteiger partial charge in [-0.15, -0.1) is 0 Å². The zero-order valence-electron chi connectivity index (χ0n) is 19.3. The van der Waals surface area contributed by atoms with Crippen molar-refractivity contribution >= 4 is 23.6 Å². The largest absolute Gasteiger partial charge is 0.457 e. The fourth-order valence-corrected chi connectivity index (χ4v) is 3.59. The topological polar surface area (TPSA) is 126 Å². The molecule has 1 aliphatic heterocycles. The van der Waals surface area contributed by atoms with E-state index in [4.69, 9.17) is 4.74 Å². The molecule has 0 saturated heterocycles. The van der Waals surface area contributed by atoms with Gasteiger partial charge in [0.25, 0.3) is 0 Å². The molecule has 0 fully saturated rings. The van der Waals surface area contributed by atoms with E-state index in [0.717, 1.165) is 0 Å². The molecule has 2 atom stereocenters. The van der Waals surface area contributed by atoms with E-state index < -0.39 is 55.0 Å². The number of fused-ring (bicyclic) bond motifs is 4. The van der Waals surface area contributed by atoms with E-state index in [1.165, 1.54) is 6.92 Å². The highest BCUT2D eigenvalue weighted by Gasteiger charge is 2.30. The number of benzene rings is 2. The highest BCUT2D eigenvalue weighted by molar-refractivity contribution is 5.92. The highest BCUT2D eigenvalue weighted by Crippen LogP contribution is 2.24. The van der Waals surface area contributed by atoms with Gasteiger partial charge in [0.05, 0.1) is 6.54 Å². The van der Waals surface area contributed by atoms with Gasteiger partial charge in [0.1, 0.15) is 30.1 Å². The first-order valence-corrected chi connectivity index (χ1v) is 11.0. The molecule has 2 aromatic rings. The van der Waals surface area contributed by atoms with E-state index in [-0.39, 0.29) is 12.8 Å². The van der Waals surface area contributed by atoms with Gasteiger partial charge in [0.15, 0.2) is 0 Å². The van der Waals surface area contributed by atoms with Crippen LogP contribution in [-0.4, -0.2) is 55.0 Å². The molecule has 9 nitrogen and oxygen atoms in total. The summed E-state index contributed by atoms with van der Waals surface area (Å²) >= 11 is 0. The van der Waals surface area contributed by atoms with E-state index in [0.29, 0.717) is 22.6 Å². The molecule has 4 amide bonds. The van der Waals surface area contributed by atoms with Crippen molar-refractivity contribution in [1.82, 2.24) is 21.3 Å². The quantitative estimate of drug-likeness (QED) is 0.500. The van der Waals surface area contributed by atoms with Gasteiger partial charge in [-0.3, -0.25) is 19.2 Å². The van der Waals surface area contributed by atoms with Crippen molar-refractivity contribution in [2.45, 2.75) is 38.0 Å². The molecule has 12 heteroatoms. The lowest BCUT2D eigenvalue weighted by atomic mass is 10.0. The lowest BCUT2D eigenvalue weighted by Crippen LogP contribution is -2.53. The summed E-state index contributed by atoms with van der Waals surface area (Å²) in [5.74, 6) is -2.09. The van der Waals surface area contributed by atoms with Crippen molar-refractivity contribution < 1.29 is 37.1 Å². The summed E-state index contributed by atoms with van der Waals surface area (Å²) < 4.78 is 43.7. The summed E-state index contributed by atoms with van der Waals surface area (Å²) in [6.07, 6.45) is -4.66. The first-order chi connectivity index (χ1) is 17.0. The second-order valence-electron chi connectivity index (χ2n) is 8.23. The molecule has 1 heterocycles.